The molecule has 3 rings (SSSR count). The van der Waals surface area contributed by atoms with Crippen LogP contribution < -0.4 is 10.2 Å². The Kier molecular flexibility index (Phi) is 4.60. The molecule has 23 heavy (non-hydrogen) atoms. The molecular formula is C19H23N3O. The zero-order chi connectivity index (χ0) is 16.2. The number of amides is 1. The van der Waals surface area contributed by atoms with Crippen molar-refractivity contribution in [1.29, 1.82) is 0 Å². The van der Waals surface area contributed by atoms with Gasteiger partial charge in [0.1, 0.15) is 5.69 Å². The lowest BCUT2D eigenvalue weighted by Crippen LogP contribution is -2.28. The average Bonchev–Trinajstić information content (AvgIpc) is 3.10. The molecule has 1 fully saturated rings. The van der Waals surface area contributed by atoms with Crippen molar-refractivity contribution in [3.63, 3.8) is 0 Å². The molecule has 1 aliphatic rings. The van der Waals surface area contributed by atoms with E-state index in [0.717, 1.165) is 24.3 Å². The van der Waals surface area contributed by atoms with Gasteiger partial charge in [0.25, 0.3) is 5.91 Å². The number of nitrogens with one attached hydrogen (secondary N) is 1. The Labute approximate surface area is 137 Å². The topological polar surface area (TPSA) is 45.2 Å². The molecule has 1 unspecified atom stereocenters. The zero-order valence-corrected chi connectivity index (χ0v) is 13.7. The van der Waals surface area contributed by atoms with Crippen LogP contribution in [0.4, 0.5) is 5.69 Å². The molecule has 1 aromatic carbocycles. The number of hydrogen-bond donors (Lipinski definition) is 1. The lowest BCUT2D eigenvalue weighted by Gasteiger charge is -2.19. The summed E-state index contributed by atoms with van der Waals surface area (Å²) in [5.74, 6) is -0.123. The number of aromatic nitrogens is 1. The summed E-state index contributed by atoms with van der Waals surface area (Å²) in [5, 5.41) is 3.05. The van der Waals surface area contributed by atoms with Crippen LogP contribution in [0.25, 0.3) is 0 Å². The van der Waals surface area contributed by atoms with Gasteiger partial charge in [0, 0.05) is 25.0 Å². The molecule has 0 saturated carbocycles. The van der Waals surface area contributed by atoms with Crippen molar-refractivity contribution in [2.24, 2.45) is 0 Å². The van der Waals surface area contributed by atoms with Crippen molar-refractivity contribution in [3.05, 3.63) is 59.4 Å². The molecule has 1 saturated heterocycles. The van der Waals surface area contributed by atoms with Gasteiger partial charge in [-0.25, -0.2) is 0 Å². The second kappa shape index (κ2) is 6.82. The molecule has 4 heteroatoms. The molecule has 0 radical (unpaired) electrons. The fourth-order valence-electron chi connectivity index (χ4n) is 3.14. The molecule has 1 atom stereocenters. The van der Waals surface area contributed by atoms with E-state index in [-0.39, 0.29) is 11.9 Å². The monoisotopic (exact) mass is 309 g/mol. The van der Waals surface area contributed by atoms with E-state index in [4.69, 9.17) is 0 Å². The number of benzene rings is 1. The number of nitrogens with zero attached hydrogens (tertiary/aromatic N) is 2. The van der Waals surface area contributed by atoms with Gasteiger partial charge in [0.15, 0.2) is 0 Å². The van der Waals surface area contributed by atoms with E-state index in [9.17, 15) is 4.79 Å². The minimum Gasteiger partial charge on any atom is -0.371 e. The van der Waals surface area contributed by atoms with Gasteiger partial charge in [0.2, 0.25) is 0 Å². The van der Waals surface area contributed by atoms with E-state index in [2.05, 4.69) is 28.2 Å². The summed E-state index contributed by atoms with van der Waals surface area (Å²) < 4.78 is 0. The van der Waals surface area contributed by atoms with Crippen molar-refractivity contribution < 1.29 is 4.79 Å². The van der Waals surface area contributed by atoms with E-state index in [1.165, 1.54) is 18.4 Å². The van der Waals surface area contributed by atoms with Crippen LogP contribution in [0.1, 0.15) is 47.4 Å². The molecule has 1 aliphatic heterocycles. The van der Waals surface area contributed by atoms with E-state index in [1.54, 1.807) is 6.20 Å². The molecule has 1 aromatic heterocycles. The molecule has 1 N–H and O–H groups in total. The van der Waals surface area contributed by atoms with Crippen molar-refractivity contribution in [3.8, 4) is 0 Å². The predicted octanol–water partition coefficient (Wildman–Crippen LogP) is 3.48. The minimum absolute atomic E-state index is 0.0408. The first-order chi connectivity index (χ1) is 11.1. The highest BCUT2D eigenvalue weighted by molar-refractivity contribution is 5.93. The number of hydrogen-bond acceptors (Lipinski definition) is 3. The van der Waals surface area contributed by atoms with Gasteiger partial charge in [-0.1, -0.05) is 24.3 Å². The molecule has 2 aromatic rings. The second-order valence-corrected chi connectivity index (χ2v) is 6.15. The lowest BCUT2D eigenvalue weighted by molar-refractivity contribution is 0.0935. The summed E-state index contributed by atoms with van der Waals surface area (Å²) in [6.45, 7) is 6.18. The Bertz CT molecular complexity index is 693. The fraction of sp³-hybridized carbons (Fsp3) is 0.368. The third kappa shape index (κ3) is 3.52. The largest absolute Gasteiger partial charge is 0.371 e. The van der Waals surface area contributed by atoms with Crippen LogP contribution in [0.15, 0.2) is 42.6 Å². The smallest absolute Gasteiger partial charge is 0.270 e. The Hall–Kier alpha value is -2.36. The third-order valence-corrected chi connectivity index (χ3v) is 4.45. The van der Waals surface area contributed by atoms with Crippen LogP contribution >= 0.6 is 0 Å². The quantitative estimate of drug-likeness (QED) is 0.940. The zero-order valence-electron chi connectivity index (χ0n) is 13.7. The van der Waals surface area contributed by atoms with Gasteiger partial charge in [-0.2, -0.15) is 0 Å². The molecule has 4 nitrogen and oxygen atoms in total. The first-order valence-corrected chi connectivity index (χ1v) is 8.22. The number of carbonyl (C=O) groups is 1. The third-order valence-electron chi connectivity index (χ3n) is 4.45. The standard InChI is InChI=1S/C19H23N3O/c1-14-7-3-4-8-17(14)15(2)21-19(23)18-13-16(9-10-20-18)22-11-5-6-12-22/h3-4,7-10,13,15H,5-6,11-12H2,1-2H3,(H,21,23). The fourth-order valence-corrected chi connectivity index (χ4v) is 3.14. The number of aryl methyl sites for hydroxylation is 1. The highest BCUT2D eigenvalue weighted by atomic mass is 16.1. The first-order valence-electron chi connectivity index (χ1n) is 8.22. The summed E-state index contributed by atoms with van der Waals surface area (Å²) in [4.78, 5) is 19.1. The van der Waals surface area contributed by atoms with Gasteiger partial charge in [-0.15, -0.1) is 0 Å². The van der Waals surface area contributed by atoms with Crippen LogP contribution in [0.3, 0.4) is 0 Å². The number of anilines is 1. The SMILES string of the molecule is Cc1ccccc1C(C)NC(=O)c1cc(N2CCCC2)ccn1. The number of carbonyl (C=O) groups excluding carboxylic acids is 1. The highest BCUT2D eigenvalue weighted by Crippen LogP contribution is 2.21. The van der Waals surface area contributed by atoms with E-state index >= 15 is 0 Å². The summed E-state index contributed by atoms with van der Waals surface area (Å²) >= 11 is 0. The van der Waals surface area contributed by atoms with E-state index < -0.39 is 0 Å². The summed E-state index contributed by atoms with van der Waals surface area (Å²) in [6.07, 6.45) is 4.16. The van der Waals surface area contributed by atoms with Crippen LogP contribution in [0, 0.1) is 6.92 Å². The molecule has 120 valence electrons. The predicted molar refractivity (Wildman–Crippen MR) is 92.7 cm³/mol. The van der Waals surface area contributed by atoms with Gasteiger partial charge >= 0.3 is 0 Å². The van der Waals surface area contributed by atoms with E-state index in [1.807, 2.05) is 37.3 Å². The molecule has 0 spiro atoms. The molecule has 0 bridgehead atoms. The summed E-state index contributed by atoms with van der Waals surface area (Å²) in [6, 6.07) is 11.9. The van der Waals surface area contributed by atoms with Crippen molar-refractivity contribution in [2.75, 3.05) is 18.0 Å². The van der Waals surface area contributed by atoms with Crippen molar-refractivity contribution >= 4 is 11.6 Å². The molecular weight excluding hydrogens is 286 g/mol. The van der Waals surface area contributed by atoms with Crippen molar-refractivity contribution in [1.82, 2.24) is 10.3 Å². The highest BCUT2D eigenvalue weighted by Gasteiger charge is 2.17. The molecule has 1 amide bonds. The summed E-state index contributed by atoms with van der Waals surface area (Å²) in [7, 11) is 0. The maximum absolute atomic E-state index is 12.5. The minimum atomic E-state index is -0.123. The van der Waals surface area contributed by atoms with Crippen LogP contribution in [0.2, 0.25) is 0 Å². The Morgan fingerprint density at radius 1 is 1.22 bits per heavy atom. The molecule has 0 aliphatic carbocycles. The van der Waals surface area contributed by atoms with E-state index in [0.29, 0.717) is 5.69 Å². The number of rotatable bonds is 4. The average molecular weight is 309 g/mol. The van der Waals surface area contributed by atoms with Gasteiger partial charge in [-0.3, -0.25) is 9.78 Å². The normalized spacial score (nSPS) is 15.5. The van der Waals surface area contributed by atoms with Gasteiger partial charge in [-0.05, 0) is 49.9 Å². The summed E-state index contributed by atoms with van der Waals surface area (Å²) in [5.41, 5.74) is 3.89. The molecule has 2 heterocycles. The Morgan fingerprint density at radius 3 is 2.70 bits per heavy atom. The lowest BCUT2D eigenvalue weighted by atomic mass is 10.0. The van der Waals surface area contributed by atoms with Gasteiger partial charge in [0.05, 0.1) is 6.04 Å². The van der Waals surface area contributed by atoms with Gasteiger partial charge < -0.3 is 10.2 Å². The maximum Gasteiger partial charge on any atom is 0.270 e. The Balaban J connectivity index is 1.73. The van der Waals surface area contributed by atoms with Crippen LogP contribution in [-0.4, -0.2) is 24.0 Å². The maximum atomic E-state index is 12.5. The Morgan fingerprint density at radius 2 is 1.96 bits per heavy atom. The second-order valence-electron chi connectivity index (χ2n) is 6.15. The number of pyridine rings is 1. The van der Waals surface area contributed by atoms with Crippen molar-refractivity contribution in [2.45, 2.75) is 32.7 Å². The van der Waals surface area contributed by atoms with Crippen LogP contribution in [0.5, 0.6) is 0 Å². The van der Waals surface area contributed by atoms with Crippen LogP contribution in [-0.2, 0) is 0 Å². The first kappa shape index (κ1) is 15.5.